The van der Waals surface area contributed by atoms with Crippen molar-refractivity contribution in [3.63, 3.8) is 0 Å². The molecule has 0 saturated heterocycles. The minimum absolute atomic E-state index is 0.0849. The van der Waals surface area contributed by atoms with Crippen LogP contribution in [0.1, 0.15) is 64.7 Å². The van der Waals surface area contributed by atoms with Crippen LogP contribution < -0.4 is 14.2 Å². The lowest BCUT2D eigenvalue weighted by Gasteiger charge is -2.19. The largest absolute Gasteiger partial charge is 0.508 e. The number of phenolic OH excluding ortho intramolecular Hbond substituents is 1. The van der Waals surface area contributed by atoms with Crippen molar-refractivity contribution in [2.24, 2.45) is 0 Å². The average molecular weight is 713 g/mol. The van der Waals surface area contributed by atoms with Crippen LogP contribution in [0.3, 0.4) is 0 Å². The van der Waals surface area contributed by atoms with Gasteiger partial charge in [0.05, 0.1) is 21.6 Å². The molecule has 260 valence electrons. The van der Waals surface area contributed by atoms with Crippen molar-refractivity contribution in [1.82, 2.24) is 14.6 Å². The number of aromatic amines is 1. The monoisotopic (exact) mass is 712 g/mol. The number of aromatic nitrogens is 3. The van der Waals surface area contributed by atoms with Crippen molar-refractivity contribution in [3.8, 4) is 28.5 Å². The second kappa shape index (κ2) is 16.7. The van der Waals surface area contributed by atoms with Gasteiger partial charge in [-0.25, -0.2) is 13.7 Å². The zero-order chi connectivity index (χ0) is 34.9. The van der Waals surface area contributed by atoms with E-state index in [1.54, 1.807) is 36.4 Å². The molecule has 0 aliphatic carbocycles. The summed E-state index contributed by atoms with van der Waals surface area (Å²) in [5.74, 6) is 0.734. The van der Waals surface area contributed by atoms with Crippen molar-refractivity contribution in [2.75, 3.05) is 5.32 Å². The number of amides is 1. The highest BCUT2D eigenvalue weighted by Gasteiger charge is 2.22. The van der Waals surface area contributed by atoms with Crippen molar-refractivity contribution in [2.45, 2.75) is 75.7 Å². The summed E-state index contributed by atoms with van der Waals surface area (Å²) in [6.07, 6.45) is 9.08. The standard InChI is InChI=1S/C39H41ClN4O5S/c1-2-3-4-5-6-7-8-9-14-35(48-30-21-23-31(24-22-30)49-50(47)32-25-19-29(45)20-26-32)39(46)41-28-17-15-27(16-18-28)37-36(40)38-42-33-12-10-11-13-34(33)44(38)43-37/h10-13,15-26,35,43,45H,2-9,14H2,1H3,(H,41,46). The van der Waals surface area contributed by atoms with Crippen molar-refractivity contribution in [3.05, 3.63) is 102 Å². The molecule has 4 aromatic carbocycles. The first-order valence-electron chi connectivity index (χ1n) is 17.1. The van der Waals surface area contributed by atoms with Crippen LogP contribution in [-0.2, 0) is 15.9 Å². The number of unbranched alkanes of at least 4 members (excludes halogenated alkanes) is 7. The van der Waals surface area contributed by atoms with Gasteiger partial charge in [-0.1, -0.05) is 87.7 Å². The van der Waals surface area contributed by atoms with Crippen LogP contribution in [0.15, 0.2) is 102 Å². The Labute approximate surface area is 299 Å². The van der Waals surface area contributed by atoms with Gasteiger partial charge in [-0.15, -0.1) is 0 Å². The Bertz CT molecular complexity index is 2040. The second-order valence-electron chi connectivity index (χ2n) is 12.3. The summed E-state index contributed by atoms with van der Waals surface area (Å²) in [5, 5.41) is 16.4. The van der Waals surface area contributed by atoms with E-state index in [1.165, 1.54) is 44.2 Å². The molecule has 11 heteroatoms. The van der Waals surface area contributed by atoms with Gasteiger partial charge in [-0.3, -0.25) is 9.89 Å². The van der Waals surface area contributed by atoms with E-state index in [4.69, 9.17) is 20.5 Å². The van der Waals surface area contributed by atoms with E-state index in [9.17, 15) is 14.1 Å². The lowest BCUT2D eigenvalue weighted by Crippen LogP contribution is -2.33. The molecule has 2 aromatic heterocycles. The number of aromatic hydroxyl groups is 1. The number of rotatable bonds is 17. The molecular weight excluding hydrogens is 672 g/mol. The molecule has 6 aromatic rings. The molecule has 2 heterocycles. The number of halogens is 1. The van der Waals surface area contributed by atoms with Gasteiger partial charge in [-0.05, 0) is 85.6 Å². The van der Waals surface area contributed by atoms with E-state index in [0.717, 1.165) is 41.6 Å². The number of phenols is 1. The predicted molar refractivity (Wildman–Crippen MR) is 199 cm³/mol. The van der Waals surface area contributed by atoms with Gasteiger partial charge in [0, 0.05) is 11.3 Å². The summed E-state index contributed by atoms with van der Waals surface area (Å²) < 4.78 is 26.3. The number of hydrogen-bond donors (Lipinski definition) is 3. The van der Waals surface area contributed by atoms with Gasteiger partial charge in [-0.2, -0.15) is 0 Å². The lowest BCUT2D eigenvalue weighted by atomic mass is 10.0. The molecule has 0 aliphatic rings. The first-order valence-corrected chi connectivity index (χ1v) is 18.6. The molecule has 0 fully saturated rings. The van der Waals surface area contributed by atoms with E-state index < -0.39 is 17.2 Å². The van der Waals surface area contributed by atoms with Gasteiger partial charge in [0.1, 0.15) is 22.3 Å². The summed E-state index contributed by atoms with van der Waals surface area (Å²) in [6, 6.07) is 28.1. The van der Waals surface area contributed by atoms with Crippen molar-refractivity contribution in [1.29, 1.82) is 0 Å². The Morgan fingerprint density at radius 1 is 0.880 bits per heavy atom. The Morgan fingerprint density at radius 2 is 1.54 bits per heavy atom. The molecule has 1 amide bonds. The summed E-state index contributed by atoms with van der Waals surface area (Å²) in [7, 11) is 0. The van der Waals surface area contributed by atoms with Gasteiger partial charge >= 0.3 is 0 Å². The minimum Gasteiger partial charge on any atom is -0.508 e. The molecule has 3 N–H and O–H groups in total. The second-order valence-corrected chi connectivity index (χ2v) is 13.8. The highest BCUT2D eigenvalue weighted by atomic mass is 35.5. The maximum absolute atomic E-state index is 13.6. The van der Waals surface area contributed by atoms with Crippen LogP contribution in [0.5, 0.6) is 17.2 Å². The Balaban J connectivity index is 1.10. The number of carbonyl (C=O) groups is 1. The molecule has 0 radical (unpaired) electrons. The predicted octanol–water partition coefficient (Wildman–Crippen LogP) is 9.86. The number of para-hydroxylation sites is 2. The highest BCUT2D eigenvalue weighted by molar-refractivity contribution is 7.80. The van der Waals surface area contributed by atoms with Crippen molar-refractivity contribution >= 4 is 51.0 Å². The molecule has 0 bridgehead atoms. The molecule has 9 nitrogen and oxygen atoms in total. The van der Waals surface area contributed by atoms with Crippen LogP contribution in [0.4, 0.5) is 5.69 Å². The van der Waals surface area contributed by atoms with Crippen LogP contribution in [-0.4, -0.2) is 35.9 Å². The summed E-state index contributed by atoms with van der Waals surface area (Å²) in [6.45, 7) is 2.22. The molecule has 2 unspecified atom stereocenters. The fraction of sp³-hybridized carbons (Fsp3) is 0.282. The molecule has 6 rings (SSSR count). The average Bonchev–Trinajstić information content (AvgIpc) is 3.66. The number of nitrogens with one attached hydrogen (secondary N) is 2. The fourth-order valence-electron chi connectivity index (χ4n) is 5.83. The van der Waals surface area contributed by atoms with E-state index in [-0.39, 0.29) is 11.7 Å². The fourth-order valence-corrected chi connectivity index (χ4v) is 6.85. The zero-order valence-corrected chi connectivity index (χ0v) is 29.5. The summed E-state index contributed by atoms with van der Waals surface area (Å²) >= 11 is 4.99. The highest BCUT2D eigenvalue weighted by Crippen LogP contribution is 2.33. The molecule has 0 spiro atoms. The van der Waals surface area contributed by atoms with Gasteiger partial charge in [0.15, 0.2) is 11.8 Å². The van der Waals surface area contributed by atoms with Gasteiger partial charge in [0.2, 0.25) is 11.1 Å². The summed E-state index contributed by atoms with van der Waals surface area (Å²) in [5.41, 5.74) is 4.71. The molecule has 0 saturated carbocycles. The van der Waals surface area contributed by atoms with Crippen LogP contribution in [0, 0.1) is 0 Å². The third-order valence-corrected chi connectivity index (χ3v) is 9.92. The Morgan fingerprint density at radius 3 is 2.26 bits per heavy atom. The number of imidazole rings is 1. The van der Waals surface area contributed by atoms with E-state index in [1.807, 2.05) is 53.0 Å². The van der Waals surface area contributed by atoms with Crippen LogP contribution in [0.25, 0.3) is 27.9 Å². The maximum Gasteiger partial charge on any atom is 0.265 e. The topological polar surface area (TPSA) is 118 Å². The number of H-pyrrole nitrogens is 1. The number of ether oxygens (including phenoxy) is 1. The zero-order valence-electron chi connectivity index (χ0n) is 27.9. The van der Waals surface area contributed by atoms with Gasteiger partial charge in [0.25, 0.3) is 5.91 Å². The number of carbonyl (C=O) groups excluding carboxylic acids is 1. The first kappa shape index (κ1) is 35.0. The first-order chi connectivity index (χ1) is 24.4. The van der Waals surface area contributed by atoms with Crippen LogP contribution >= 0.6 is 11.6 Å². The molecule has 0 aliphatic heterocycles. The number of nitrogens with zero attached hydrogens (tertiary/aromatic N) is 2. The summed E-state index contributed by atoms with van der Waals surface area (Å²) in [4.78, 5) is 18.7. The van der Waals surface area contributed by atoms with E-state index in [2.05, 4.69) is 22.3 Å². The van der Waals surface area contributed by atoms with E-state index >= 15 is 0 Å². The van der Waals surface area contributed by atoms with Crippen molar-refractivity contribution < 1.29 is 23.0 Å². The normalized spacial score (nSPS) is 12.6. The smallest absolute Gasteiger partial charge is 0.265 e. The SMILES string of the molecule is CCCCCCCCCCC(Oc1ccc(OS(=O)c2ccc(O)cc2)cc1)C(=O)Nc1ccc(-c2[nH]n3c(nc4ccccc43)c2Cl)cc1. The van der Waals surface area contributed by atoms with Crippen LogP contribution in [0.2, 0.25) is 5.02 Å². The number of benzene rings is 4. The minimum atomic E-state index is -1.75. The molecule has 2 atom stereocenters. The number of fused-ring (bicyclic) bond motifs is 3. The molecule has 50 heavy (non-hydrogen) atoms. The van der Waals surface area contributed by atoms with E-state index in [0.29, 0.717) is 39.2 Å². The molecular formula is C39H41ClN4O5S. The lowest BCUT2D eigenvalue weighted by molar-refractivity contribution is -0.123. The third-order valence-electron chi connectivity index (χ3n) is 8.56. The number of hydrogen-bond acceptors (Lipinski definition) is 6. The maximum atomic E-state index is 13.6. The van der Waals surface area contributed by atoms with Gasteiger partial charge < -0.3 is 19.3 Å². The third kappa shape index (κ3) is 8.67. The Hall–Kier alpha value is -4.80. The quantitative estimate of drug-likeness (QED) is 0.0811. The number of anilines is 1. The Kier molecular flexibility index (Phi) is 11.7.